The summed E-state index contributed by atoms with van der Waals surface area (Å²) in [6.45, 7) is 4.45. The van der Waals surface area contributed by atoms with Crippen LogP contribution in [0.25, 0.3) is 0 Å². The van der Waals surface area contributed by atoms with E-state index >= 15 is 0 Å². The van der Waals surface area contributed by atoms with Gasteiger partial charge in [-0.05, 0) is 57.1 Å². The van der Waals surface area contributed by atoms with E-state index in [2.05, 4.69) is 11.9 Å². The molecule has 2 nitrogen and oxygen atoms in total. The van der Waals surface area contributed by atoms with Crippen LogP contribution in [0.15, 0.2) is 18.2 Å². The van der Waals surface area contributed by atoms with Gasteiger partial charge in [0, 0.05) is 6.54 Å². The van der Waals surface area contributed by atoms with E-state index in [9.17, 15) is 4.39 Å². The summed E-state index contributed by atoms with van der Waals surface area (Å²) in [6, 6.07) is 5.30. The number of benzene rings is 1. The summed E-state index contributed by atoms with van der Waals surface area (Å²) in [5.41, 5.74) is 7.32. The van der Waals surface area contributed by atoms with Gasteiger partial charge in [0.05, 0.1) is 0 Å². The van der Waals surface area contributed by atoms with E-state index in [4.69, 9.17) is 5.73 Å². The van der Waals surface area contributed by atoms with Crippen LogP contribution in [0.1, 0.15) is 24.0 Å². The lowest BCUT2D eigenvalue weighted by molar-refractivity contribution is 0.319. The normalized spacial score (nSPS) is 11.1. The molecule has 0 aromatic heterocycles. The first kappa shape index (κ1) is 13.1. The summed E-state index contributed by atoms with van der Waals surface area (Å²) in [5, 5.41) is 0. The lowest BCUT2D eigenvalue weighted by Crippen LogP contribution is -2.19. The third kappa shape index (κ3) is 4.29. The molecule has 0 saturated carbocycles. The van der Waals surface area contributed by atoms with Gasteiger partial charge in [-0.15, -0.1) is 0 Å². The zero-order chi connectivity index (χ0) is 12.0. The molecule has 0 bridgehead atoms. The largest absolute Gasteiger partial charge is 0.330 e. The minimum Gasteiger partial charge on any atom is -0.330 e. The van der Waals surface area contributed by atoms with E-state index in [0.29, 0.717) is 5.56 Å². The van der Waals surface area contributed by atoms with Crippen LogP contribution in [0, 0.1) is 12.7 Å². The first-order valence-corrected chi connectivity index (χ1v) is 5.77. The smallest absolute Gasteiger partial charge is 0.126 e. The fourth-order valence-corrected chi connectivity index (χ4v) is 1.72. The Hall–Kier alpha value is -0.930. The monoisotopic (exact) mass is 224 g/mol. The maximum Gasteiger partial charge on any atom is 0.126 e. The Morgan fingerprint density at radius 1 is 1.31 bits per heavy atom. The Balaban J connectivity index is 2.43. The van der Waals surface area contributed by atoms with E-state index in [0.717, 1.165) is 38.0 Å². The number of unbranched alkanes of at least 4 members (excludes halogenated alkanes) is 1. The molecule has 2 N–H and O–H groups in total. The third-order valence-corrected chi connectivity index (χ3v) is 2.67. The molecule has 0 aliphatic carbocycles. The van der Waals surface area contributed by atoms with Crippen LogP contribution in [0.3, 0.4) is 0 Å². The van der Waals surface area contributed by atoms with Crippen molar-refractivity contribution in [2.75, 3.05) is 20.1 Å². The first-order chi connectivity index (χ1) is 7.63. The Bertz CT molecular complexity index is 326. The van der Waals surface area contributed by atoms with Crippen molar-refractivity contribution < 1.29 is 4.39 Å². The molecule has 0 heterocycles. The molecule has 1 aromatic rings. The van der Waals surface area contributed by atoms with Crippen molar-refractivity contribution in [3.05, 3.63) is 35.1 Å². The number of hydrogen-bond donors (Lipinski definition) is 1. The molecule has 0 aliphatic rings. The maximum atomic E-state index is 13.1. The highest BCUT2D eigenvalue weighted by molar-refractivity contribution is 5.23. The van der Waals surface area contributed by atoms with Crippen molar-refractivity contribution in [1.29, 1.82) is 0 Å². The summed E-state index contributed by atoms with van der Waals surface area (Å²) in [5.74, 6) is -0.130. The molecule has 0 amide bonds. The number of nitrogens with zero attached hydrogens (tertiary/aromatic N) is 1. The van der Waals surface area contributed by atoms with Gasteiger partial charge in [0.25, 0.3) is 0 Å². The summed E-state index contributed by atoms with van der Waals surface area (Å²) in [7, 11) is 2.08. The van der Waals surface area contributed by atoms with E-state index in [1.165, 1.54) is 0 Å². The second kappa shape index (κ2) is 6.61. The molecular formula is C13H21FN2. The predicted molar refractivity (Wildman–Crippen MR) is 65.8 cm³/mol. The van der Waals surface area contributed by atoms with E-state index in [1.807, 2.05) is 12.1 Å². The SMILES string of the molecule is Cc1cc(CN(C)CCCCN)ccc1F. The van der Waals surface area contributed by atoms with Gasteiger partial charge >= 0.3 is 0 Å². The van der Waals surface area contributed by atoms with Crippen LogP contribution in [0.2, 0.25) is 0 Å². The second-order valence-electron chi connectivity index (χ2n) is 4.32. The molecule has 0 saturated heterocycles. The Morgan fingerprint density at radius 3 is 2.69 bits per heavy atom. The molecule has 1 aromatic carbocycles. The van der Waals surface area contributed by atoms with Gasteiger partial charge in [-0.25, -0.2) is 4.39 Å². The molecule has 3 heteroatoms. The molecule has 16 heavy (non-hydrogen) atoms. The Morgan fingerprint density at radius 2 is 2.06 bits per heavy atom. The van der Waals surface area contributed by atoms with Crippen LogP contribution in [0.4, 0.5) is 4.39 Å². The lowest BCUT2D eigenvalue weighted by atomic mass is 10.1. The number of halogens is 1. The van der Waals surface area contributed by atoms with Gasteiger partial charge < -0.3 is 10.6 Å². The third-order valence-electron chi connectivity index (χ3n) is 2.67. The molecule has 0 fully saturated rings. The first-order valence-electron chi connectivity index (χ1n) is 5.77. The lowest BCUT2D eigenvalue weighted by Gasteiger charge is -2.16. The summed E-state index contributed by atoms with van der Waals surface area (Å²) in [4.78, 5) is 2.24. The Labute approximate surface area is 97.3 Å². The van der Waals surface area contributed by atoms with Gasteiger partial charge in [0.1, 0.15) is 5.82 Å². The van der Waals surface area contributed by atoms with E-state index in [1.54, 1.807) is 13.0 Å². The highest BCUT2D eigenvalue weighted by Crippen LogP contribution is 2.11. The van der Waals surface area contributed by atoms with Crippen molar-refractivity contribution in [1.82, 2.24) is 4.90 Å². The standard InChI is InChI=1S/C13H21FN2/c1-11-9-12(5-6-13(11)14)10-16(2)8-4-3-7-15/h5-6,9H,3-4,7-8,10,15H2,1-2H3. The van der Waals surface area contributed by atoms with Gasteiger partial charge in [-0.1, -0.05) is 12.1 Å². The maximum absolute atomic E-state index is 13.1. The molecule has 0 unspecified atom stereocenters. The van der Waals surface area contributed by atoms with Crippen LogP contribution in [0.5, 0.6) is 0 Å². The molecule has 0 spiro atoms. The van der Waals surface area contributed by atoms with Gasteiger partial charge in [-0.3, -0.25) is 0 Å². The van der Waals surface area contributed by atoms with Crippen molar-refractivity contribution >= 4 is 0 Å². The fraction of sp³-hybridized carbons (Fsp3) is 0.538. The predicted octanol–water partition coefficient (Wildman–Crippen LogP) is 2.30. The number of hydrogen-bond acceptors (Lipinski definition) is 2. The number of aryl methyl sites for hydroxylation is 1. The van der Waals surface area contributed by atoms with Crippen molar-refractivity contribution in [3.63, 3.8) is 0 Å². The van der Waals surface area contributed by atoms with Crippen molar-refractivity contribution in [2.24, 2.45) is 5.73 Å². The van der Waals surface area contributed by atoms with Gasteiger partial charge in [-0.2, -0.15) is 0 Å². The average molecular weight is 224 g/mol. The zero-order valence-corrected chi connectivity index (χ0v) is 10.2. The van der Waals surface area contributed by atoms with E-state index in [-0.39, 0.29) is 5.82 Å². The fourth-order valence-electron chi connectivity index (χ4n) is 1.72. The minimum atomic E-state index is -0.130. The number of nitrogens with two attached hydrogens (primary N) is 1. The van der Waals surface area contributed by atoms with Crippen molar-refractivity contribution in [3.8, 4) is 0 Å². The summed E-state index contributed by atoms with van der Waals surface area (Å²) < 4.78 is 13.1. The molecule has 0 aliphatic heterocycles. The average Bonchev–Trinajstić information content (AvgIpc) is 2.24. The minimum absolute atomic E-state index is 0.130. The van der Waals surface area contributed by atoms with Crippen molar-refractivity contribution in [2.45, 2.75) is 26.3 Å². The second-order valence-corrected chi connectivity index (χ2v) is 4.32. The highest BCUT2D eigenvalue weighted by atomic mass is 19.1. The zero-order valence-electron chi connectivity index (χ0n) is 10.2. The quantitative estimate of drug-likeness (QED) is 0.751. The van der Waals surface area contributed by atoms with Crippen LogP contribution in [-0.4, -0.2) is 25.0 Å². The molecule has 1 rings (SSSR count). The van der Waals surface area contributed by atoms with Crippen LogP contribution < -0.4 is 5.73 Å². The van der Waals surface area contributed by atoms with Crippen LogP contribution in [-0.2, 0) is 6.54 Å². The van der Waals surface area contributed by atoms with Crippen LogP contribution >= 0.6 is 0 Å². The van der Waals surface area contributed by atoms with E-state index < -0.39 is 0 Å². The molecule has 0 atom stereocenters. The topological polar surface area (TPSA) is 29.3 Å². The van der Waals surface area contributed by atoms with Gasteiger partial charge in [0.2, 0.25) is 0 Å². The molecular weight excluding hydrogens is 203 g/mol. The number of rotatable bonds is 6. The Kier molecular flexibility index (Phi) is 5.43. The summed E-state index contributed by atoms with van der Waals surface area (Å²) in [6.07, 6.45) is 2.18. The van der Waals surface area contributed by atoms with Gasteiger partial charge in [0.15, 0.2) is 0 Å². The molecule has 0 radical (unpaired) electrons. The summed E-state index contributed by atoms with van der Waals surface area (Å²) >= 11 is 0. The molecule has 90 valence electrons. The highest BCUT2D eigenvalue weighted by Gasteiger charge is 2.02.